The number of hydrogen-bond acceptors (Lipinski definition) is 7. The van der Waals surface area contributed by atoms with Gasteiger partial charge in [-0.15, -0.1) is 11.3 Å². The van der Waals surface area contributed by atoms with Crippen molar-refractivity contribution in [2.75, 3.05) is 19.8 Å². The molecular formula is C25H24N2O5S. The van der Waals surface area contributed by atoms with E-state index in [1.165, 1.54) is 10.9 Å². The van der Waals surface area contributed by atoms with Crippen LogP contribution in [-0.2, 0) is 11.3 Å². The van der Waals surface area contributed by atoms with Crippen LogP contribution in [0.25, 0.3) is 10.2 Å². The van der Waals surface area contributed by atoms with Gasteiger partial charge in [-0.1, -0.05) is 30.3 Å². The Morgan fingerprint density at radius 2 is 1.73 bits per heavy atom. The van der Waals surface area contributed by atoms with Crippen LogP contribution < -0.4 is 15.0 Å². The number of fused-ring (bicyclic) bond motifs is 1. The van der Waals surface area contributed by atoms with Crippen LogP contribution in [0.4, 0.5) is 0 Å². The van der Waals surface area contributed by atoms with Gasteiger partial charge in [0.25, 0.3) is 5.56 Å². The van der Waals surface area contributed by atoms with E-state index in [1.54, 1.807) is 6.92 Å². The van der Waals surface area contributed by atoms with Gasteiger partial charge in [-0.2, -0.15) is 0 Å². The van der Waals surface area contributed by atoms with Crippen LogP contribution in [-0.4, -0.2) is 35.3 Å². The van der Waals surface area contributed by atoms with Crippen molar-refractivity contribution in [1.82, 2.24) is 9.55 Å². The Hall–Kier alpha value is -3.65. The second kappa shape index (κ2) is 10.3. The first-order valence-corrected chi connectivity index (χ1v) is 11.4. The molecular weight excluding hydrogens is 440 g/mol. The minimum Gasteiger partial charge on any atom is -0.492 e. The van der Waals surface area contributed by atoms with Gasteiger partial charge in [0.05, 0.1) is 18.3 Å². The molecule has 8 heteroatoms. The van der Waals surface area contributed by atoms with Crippen molar-refractivity contribution in [2.45, 2.75) is 20.4 Å². The lowest BCUT2D eigenvalue weighted by Gasteiger charge is -2.08. The summed E-state index contributed by atoms with van der Waals surface area (Å²) >= 11 is 1.16. The fraction of sp³-hybridized carbons (Fsp3) is 0.240. The minimum absolute atomic E-state index is 0.107. The summed E-state index contributed by atoms with van der Waals surface area (Å²) in [4.78, 5) is 30.8. The molecule has 0 aliphatic heterocycles. The van der Waals surface area contributed by atoms with Gasteiger partial charge >= 0.3 is 5.97 Å². The summed E-state index contributed by atoms with van der Waals surface area (Å²) in [6.45, 7) is 4.76. The van der Waals surface area contributed by atoms with Crippen molar-refractivity contribution in [2.24, 2.45) is 0 Å². The molecule has 0 unspecified atom stereocenters. The molecule has 0 radical (unpaired) electrons. The summed E-state index contributed by atoms with van der Waals surface area (Å²) in [5.41, 5.74) is 1.48. The number of nitrogens with zero attached hydrogens (tertiary/aromatic N) is 2. The molecule has 0 atom stereocenters. The third-order valence-corrected chi connectivity index (χ3v) is 6.20. The molecule has 0 aliphatic rings. The number of hydrogen-bond donors (Lipinski definition) is 0. The van der Waals surface area contributed by atoms with Crippen molar-refractivity contribution in [1.29, 1.82) is 0 Å². The molecule has 170 valence electrons. The number of aryl methyl sites for hydroxylation is 2. The minimum atomic E-state index is -0.485. The van der Waals surface area contributed by atoms with Crippen LogP contribution in [0.5, 0.6) is 11.5 Å². The predicted octanol–water partition coefficient (Wildman–Crippen LogP) is 4.39. The van der Waals surface area contributed by atoms with Gasteiger partial charge < -0.3 is 14.2 Å². The molecule has 0 saturated heterocycles. The van der Waals surface area contributed by atoms with Gasteiger partial charge in [0.1, 0.15) is 41.0 Å². The van der Waals surface area contributed by atoms with Crippen LogP contribution in [0.3, 0.4) is 0 Å². The lowest BCUT2D eigenvalue weighted by Crippen LogP contribution is -2.23. The molecule has 7 nitrogen and oxygen atoms in total. The average Bonchev–Trinajstić information content (AvgIpc) is 3.16. The third kappa shape index (κ3) is 5.40. The van der Waals surface area contributed by atoms with Crippen molar-refractivity contribution in [3.05, 3.63) is 87.3 Å². The van der Waals surface area contributed by atoms with Crippen molar-refractivity contribution in [3.63, 3.8) is 0 Å². The largest absolute Gasteiger partial charge is 0.492 e. The first-order chi connectivity index (χ1) is 16.0. The molecule has 2 aromatic heterocycles. The molecule has 0 saturated carbocycles. The molecule has 0 spiro atoms. The third-order valence-electron chi connectivity index (χ3n) is 5.02. The first kappa shape index (κ1) is 22.5. The standard InChI is InChI=1S/C25H24N2O5S/c1-17-7-6-10-20(15-17)30-12-11-27-16-26-23-21(24(27)28)18(2)22(33-23)25(29)32-14-13-31-19-8-4-3-5-9-19/h3-10,15-16H,11-14H2,1-2H3. The SMILES string of the molecule is Cc1cccc(OCCn2cnc3sc(C(=O)OCCOc4ccccc4)c(C)c3c2=O)c1. The van der Waals surface area contributed by atoms with E-state index >= 15 is 0 Å². The molecule has 2 heterocycles. The highest BCUT2D eigenvalue weighted by Gasteiger charge is 2.20. The zero-order valence-electron chi connectivity index (χ0n) is 18.4. The lowest BCUT2D eigenvalue weighted by atomic mass is 10.2. The van der Waals surface area contributed by atoms with Crippen LogP contribution in [0.2, 0.25) is 0 Å². The van der Waals surface area contributed by atoms with Gasteiger partial charge in [-0.3, -0.25) is 9.36 Å². The van der Waals surface area contributed by atoms with Crippen molar-refractivity contribution < 1.29 is 19.0 Å². The Bertz CT molecular complexity index is 1310. The highest BCUT2D eigenvalue weighted by atomic mass is 32.1. The smallest absolute Gasteiger partial charge is 0.348 e. The fourth-order valence-corrected chi connectivity index (χ4v) is 4.39. The summed E-state index contributed by atoms with van der Waals surface area (Å²) in [5.74, 6) is 0.980. The number of thiophene rings is 1. The van der Waals surface area contributed by atoms with Gasteiger partial charge in [0.2, 0.25) is 0 Å². The van der Waals surface area contributed by atoms with E-state index in [0.29, 0.717) is 39.6 Å². The van der Waals surface area contributed by atoms with Crippen molar-refractivity contribution in [3.8, 4) is 11.5 Å². The van der Waals surface area contributed by atoms with Gasteiger partial charge in [-0.25, -0.2) is 9.78 Å². The zero-order chi connectivity index (χ0) is 23.2. The predicted molar refractivity (Wildman–Crippen MR) is 128 cm³/mol. The molecule has 0 N–H and O–H groups in total. The number of aromatic nitrogens is 2. The maximum atomic E-state index is 13.0. The van der Waals surface area contributed by atoms with E-state index in [4.69, 9.17) is 14.2 Å². The molecule has 2 aromatic carbocycles. The Morgan fingerprint density at radius 1 is 0.970 bits per heavy atom. The number of ether oxygens (including phenoxy) is 3. The Labute approximate surface area is 195 Å². The molecule has 0 bridgehead atoms. The summed E-state index contributed by atoms with van der Waals surface area (Å²) < 4.78 is 18.1. The highest BCUT2D eigenvalue weighted by molar-refractivity contribution is 7.20. The first-order valence-electron chi connectivity index (χ1n) is 10.6. The molecule has 0 fully saturated rings. The molecule has 0 aliphatic carbocycles. The Morgan fingerprint density at radius 3 is 2.52 bits per heavy atom. The summed E-state index contributed by atoms with van der Waals surface area (Å²) in [6.07, 6.45) is 1.49. The quantitative estimate of drug-likeness (QED) is 0.270. The second-order valence-electron chi connectivity index (χ2n) is 7.44. The normalized spacial score (nSPS) is 10.8. The van der Waals surface area contributed by atoms with E-state index in [-0.39, 0.29) is 18.8 Å². The number of carbonyl (C=O) groups is 1. The van der Waals surface area contributed by atoms with Crippen LogP contribution >= 0.6 is 11.3 Å². The van der Waals surface area contributed by atoms with Crippen LogP contribution in [0, 0.1) is 13.8 Å². The van der Waals surface area contributed by atoms with E-state index in [2.05, 4.69) is 4.98 Å². The average molecular weight is 465 g/mol. The topological polar surface area (TPSA) is 79.7 Å². The van der Waals surface area contributed by atoms with E-state index < -0.39 is 5.97 Å². The van der Waals surface area contributed by atoms with Gasteiger partial charge in [-0.05, 0) is 49.2 Å². The maximum Gasteiger partial charge on any atom is 0.348 e. The van der Waals surface area contributed by atoms with Crippen LogP contribution in [0.1, 0.15) is 20.8 Å². The Kier molecular flexibility index (Phi) is 7.04. The molecule has 0 amide bonds. The summed E-state index contributed by atoms with van der Waals surface area (Å²) in [5, 5.41) is 0.436. The fourth-order valence-electron chi connectivity index (χ4n) is 3.36. The lowest BCUT2D eigenvalue weighted by molar-refractivity contribution is 0.0455. The number of benzene rings is 2. The number of carbonyl (C=O) groups excluding carboxylic acids is 1. The molecule has 33 heavy (non-hydrogen) atoms. The Balaban J connectivity index is 1.39. The number of para-hydroxylation sites is 1. The number of rotatable bonds is 9. The van der Waals surface area contributed by atoms with E-state index in [1.807, 2.05) is 61.5 Å². The maximum absolute atomic E-state index is 13.0. The molecule has 4 aromatic rings. The molecule has 4 rings (SSSR count). The monoisotopic (exact) mass is 464 g/mol. The van der Waals surface area contributed by atoms with E-state index in [0.717, 1.165) is 22.6 Å². The number of esters is 1. The zero-order valence-corrected chi connectivity index (χ0v) is 19.3. The van der Waals surface area contributed by atoms with Crippen molar-refractivity contribution >= 4 is 27.5 Å². The van der Waals surface area contributed by atoms with Gasteiger partial charge in [0.15, 0.2) is 0 Å². The van der Waals surface area contributed by atoms with E-state index in [9.17, 15) is 9.59 Å². The van der Waals surface area contributed by atoms with Crippen LogP contribution in [0.15, 0.2) is 65.7 Å². The summed E-state index contributed by atoms with van der Waals surface area (Å²) in [7, 11) is 0. The second-order valence-corrected chi connectivity index (χ2v) is 8.44. The highest BCUT2D eigenvalue weighted by Crippen LogP contribution is 2.27. The summed E-state index contributed by atoms with van der Waals surface area (Å²) in [6, 6.07) is 17.0. The van der Waals surface area contributed by atoms with Gasteiger partial charge in [0, 0.05) is 0 Å².